The highest BCUT2D eigenvalue weighted by atomic mass is 16.6. The standard InChI is InChI=1S/C9H5N5O2/c10-13-12-9-6-3-1-2-4-7(6)11-5-8(9)14(15)16/h1-5H. The Balaban J connectivity index is 2.89. The number of hydrogen-bond donors (Lipinski definition) is 0. The molecule has 0 fully saturated rings. The highest BCUT2D eigenvalue weighted by Gasteiger charge is 2.16. The van der Waals surface area contributed by atoms with Gasteiger partial charge in [0.05, 0.1) is 10.4 Å². The summed E-state index contributed by atoms with van der Waals surface area (Å²) in [5, 5.41) is 14.5. The smallest absolute Gasteiger partial charge is 0.258 e. The average Bonchev–Trinajstić information content (AvgIpc) is 2.29. The van der Waals surface area contributed by atoms with E-state index in [1.807, 2.05) is 0 Å². The number of fused-ring (bicyclic) bond motifs is 1. The molecule has 0 radical (unpaired) electrons. The van der Waals surface area contributed by atoms with Gasteiger partial charge in [0, 0.05) is 10.3 Å². The zero-order chi connectivity index (χ0) is 11.5. The molecule has 0 atom stereocenters. The Morgan fingerprint density at radius 1 is 1.44 bits per heavy atom. The van der Waals surface area contributed by atoms with Gasteiger partial charge in [-0.15, -0.1) is 0 Å². The molecule has 7 nitrogen and oxygen atoms in total. The number of pyridine rings is 1. The predicted molar refractivity (Wildman–Crippen MR) is 57.2 cm³/mol. The van der Waals surface area contributed by atoms with Crippen molar-refractivity contribution in [1.29, 1.82) is 0 Å². The van der Waals surface area contributed by atoms with Crippen molar-refractivity contribution < 1.29 is 4.92 Å². The first kappa shape index (κ1) is 9.88. The SMILES string of the molecule is [N-]=[N+]=Nc1c([N+](=O)[O-])cnc2ccccc12. The van der Waals surface area contributed by atoms with E-state index in [9.17, 15) is 10.1 Å². The van der Waals surface area contributed by atoms with E-state index in [0.717, 1.165) is 6.20 Å². The average molecular weight is 215 g/mol. The molecule has 0 aliphatic carbocycles. The van der Waals surface area contributed by atoms with Gasteiger partial charge in [0.2, 0.25) is 0 Å². The fourth-order valence-corrected chi connectivity index (χ4v) is 1.40. The zero-order valence-electron chi connectivity index (χ0n) is 7.94. The molecule has 0 aliphatic heterocycles. The van der Waals surface area contributed by atoms with Crippen molar-refractivity contribution in [3.8, 4) is 0 Å². The van der Waals surface area contributed by atoms with Crippen LogP contribution in [0.3, 0.4) is 0 Å². The van der Waals surface area contributed by atoms with Gasteiger partial charge < -0.3 is 0 Å². The third-order valence-electron chi connectivity index (χ3n) is 2.07. The number of para-hydroxylation sites is 1. The van der Waals surface area contributed by atoms with Crippen molar-refractivity contribution in [2.24, 2.45) is 5.11 Å². The molecule has 1 heterocycles. The summed E-state index contributed by atoms with van der Waals surface area (Å²) in [6, 6.07) is 6.76. The van der Waals surface area contributed by atoms with Crippen LogP contribution in [0.25, 0.3) is 21.3 Å². The van der Waals surface area contributed by atoms with E-state index in [0.29, 0.717) is 10.9 Å². The van der Waals surface area contributed by atoms with E-state index in [4.69, 9.17) is 5.53 Å². The van der Waals surface area contributed by atoms with Gasteiger partial charge in [-0.2, -0.15) is 0 Å². The molecule has 0 amide bonds. The summed E-state index contributed by atoms with van der Waals surface area (Å²) in [6.07, 6.45) is 1.09. The maximum atomic E-state index is 10.7. The summed E-state index contributed by atoms with van der Waals surface area (Å²) >= 11 is 0. The van der Waals surface area contributed by atoms with Crippen LogP contribution in [0.5, 0.6) is 0 Å². The molecule has 0 aliphatic rings. The number of benzene rings is 1. The molecule has 16 heavy (non-hydrogen) atoms. The number of nitrogens with zero attached hydrogens (tertiary/aromatic N) is 5. The maximum Gasteiger partial charge on any atom is 0.297 e. The maximum absolute atomic E-state index is 10.7. The van der Waals surface area contributed by atoms with E-state index in [1.165, 1.54) is 0 Å². The zero-order valence-corrected chi connectivity index (χ0v) is 7.94. The van der Waals surface area contributed by atoms with Gasteiger partial charge in [0.15, 0.2) is 0 Å². The van der Waals surface area contributed by atoms with Crippen LogP contribution < -0.4 is 0 Å². The monoisotopic (exact) mass is 215 g/mol. The summed E-state index contributed by atoms with van der Waals surface area (Å²) in [7, 11) is 0. The Labute approximate surface area is 89.1 Å². The summed E-state index contributed by atoms with van der Waals surface area (Å²) in [6.45, 7) is 0. The first-order chi connectivity index (χ1) is 7.74. The van der Waals surface area contributed by atoms with Crippen molar-refractivity contribution in [1.82, 2.24) is 4.98 Å². The number of azide groups is 1. The molecular weight excluding hydrogens is 210 g/mol. The van der Waals surface area contributed by atoms with Gasteiger partial charge in [-0.1, -0.05) is 23.3 Å². The third-order valence-corrected chi connectivity index (χ3v) is 2.07. The van der Waals surface area contributed by atoms with E-state index >= 15 is 0 Å². The van der Waals surface area contributed by atoms with E-state index in [2.05, 4.69) is 15.0 Å². The lowest BCUT2D eigenvalue weighted by atomic mass is 10.2. The molecule has 1 aromatic carbocycles. The minimum Gasteiger partial charge on any atom is -0.258 e. The second-order valence-corrected chi connectivity index (χ2v) is 2.96. The Hall–Kier alpha value is -2.66. The van der Waals surface area contributed by atoms with E-state index < -0.39 is 4.92 Å². The van der Waals surface area contributed by atoms with Crippen LogP contribution in [0.15, 0.2) is 35.6 Å². The lowest BCUT2D eigenvalue weighted by Gasteiger charge is -2.00. The predicted octanol–water partition coefficient (Wildman–Crippen LogP) is 3.08. The van der Waals surface area contributed by atoms with Crippen molar-refractivity contribution in [3.63, 3.8) is 0 Å². The van der Waals surface area contributed by atoms with Crippen molar-refractivity contribution >= 4 is 22.3 Å². The molecule has 0 saturated carbocycles. The quantitative estimate of drug-likeness (QED) is 0.252. The molecule has 0 N–H and O–H groups in total. The highest BCUT2D eigenvalue weighted by molar-refractivity contribution is 5.93. The van der Waals surface area contributed by atoms with Crippen molar-refractivity contribution in [3.05, 3.63) is 51.0 Å². The van der Waals surface area contributed by atoms with Crippen LogP contribution in [-0.2, 0) is 0 Å². The number of nitro groups is 1. The van der Waals surface area contributed by atoms with Crippen LogP contribution in [0.4, 0.5) is 11.4 Å². The molecule has 7 heteroatoms. The van der Waals surface area contributed by atoms with Gasteiger partial charge >= 0.3 is 0 Å². The van der Waals surface area contributed by atoms with Crippen LogP contribution in [0, 0.1) is 10.1 Å². The lowest BCUT2D eigenvalue weighted by molar-refractivity contribution is -0.384. The molecular formula is C9H5N5O2. The molecule has 2 rings (SSSR count). The Bertz CT molecular complexity index is 618. The number of hydrogen-bond acceptors (Lipinski definition) is 4. The topological polar surface area (TPSA) is 105 Å². The van der Waals surface area contributed by atoms with Crippen LogP contribution in [0.1, 0.15) is 0 Å². The van der Waals surface area contributed by atoms with Gasteiger partial charge in [-0.05, 0) is 11.6 Å². The fraction of sp³-hybridized carbons (Fsp3) is 0. The van der Waals surface area contributed by atoms with E-state index in [1.54, 1.807) is 24.3 Å². The summed E-state index contributed by atoms with van der Waals surface area (Å²) in [5.41, 5.74) is 8.66. The highest BCUT2D eigenvalue weighted by Crippen LogP contribution is 2.33. The van der Waals surface area contributed by atoms with E-state index in [-0.39, 0.29) is 11.4 Å². The van der Waals surface area contributed by atoms with Gasteiger partial charge in [0.1, 0.15) is 11.9 Å². The molecule has 0 bridgehead atoms. The van der Waals surface area contributed by atoms with Crippen molar-refractivity contribution in [2.75, 3.05) is 0 Å². The Morgan fingerprint density at radius 2 is 2.19 bits per heavy atom. The normalized spacial score (nSPS) is 9.75. The van der Waals surface area contributed by atoms with Crippen LogP contribution in [0.2, 0.25) is 0 Å². The van der Waals surface area contributed by atoms with Crippen LogP contribution >= 0.6 is 0 Å². The Kier molecular flexibility index (Phi) is 2.37. The molecule has 1 aromatic heterocycles. The fourth-order valence-electron chi connectivity index (χ4n) is 1.40. The third kappa shape index (κ3) is 1.51. The van der Waals surface area contributed by atoms with Crippen molar-refractivity contribution in [2.45, 2.75) is 0 Å². The second kappa shape index (κ2) is 3.84. The summed E-state index contributed by atoms with van der Waals surface area (Å²) < 4.78 is 0. The lowest BCUT2D eigenvalue weighted by Crippen LogP contribution is -1.90. The summed E-state index contributed by atoms with van der Waals surface area (Å²) in [5.74, 6) is 0. The first-order valence-corrected chi connectivity index (χ1v) is 4.31. The van der Waals surface area contributed by atoms with Gasteiger partial charge in [-0.3, -0.25) is 10.1 Å². The molecule has 0 spiro atoms. The minimum atomic E-state index is -0.622. The second-order valence-electron chi connectivity index (χ2n) is 2.96. The minimum absolute atomic E-state index is 0.00176. The number of aromatic nitrogens is 1. The Morgan fingerprint density at radius 3 is 2.88 bits per heavy atom. The molecule has 0 saturated heterocycles. The first-order valence-electron chi connectivity index (χ1n) is 4.31. The largest absolute Gasteiger partial charge is 0.297 e. The molecule has 2 aromatic rings. The summed E-state index contributed by atoms with van der Waals surface area (Å²) in [4.78, 5) is 16.6. The molecule has 78 valence electrons. The van der Waals surface area contributed by atoms with Gasteiger partial charge in [-0.25, -0.2) is 4.98 Å². The van der Waals surface area contributed by atoms with Gasteiger partial charge in [0.25, 0.3) is 5.69 Å². The molecule has 0 unspecified atom stereocenters. The van der Waals surface area contributed by atoms with Crippen LogP contribution in [-0.4, -0.2) is 9.91 Å². The number of rotatable bonds is 2.